The lowest BCUT2D eigenvalue weighted by atomic mass is 10.1. The number of anilines is 1. The number of amides is 1. The Morgan fingerprint density at radius 1 is 1.15 bits per heavy atom. The van der Waals surface area contributed by atoms with Gasteiger partial charge in [0.05, 0.1) is 30.5 Å². The standard InChI is InChI=1S/C24H22FN3O3S2/c1-4-20(22(29)28-18-11-16(30-2)9-10-19(18)31-3)33-24-21-17(12-32-23(21)26-13-27-24)14-5-7-15(25)8-6-14/h5-13,20H,4H2,1-3H3,(H,28,29). The minimum atomic E-state index is -0.403. The van der Waals surface area contributed by atoms with Crippen LogP contribution in [0, 0.1) is 5.82 Å². The van der Waals surface area contributed by atoms with Gasteiger partial charge in [0.1, 0.15) is 33.5 Å². The van der Waals surface area contributed by atoms with Crippen molar-refractivity contribution in [2.24, 2.45) is 0 Å². The lowest BCUT2D eigenvalue weighted by Gasteiger charge is -2.17. The van der Waals surface area contributed by atoms with Crippen LogP contribution in [0.2, 0.25) is 0 Å². The number of methoxy groups -OCH3 is 2. The average Bonchev–Trinajstić information content (AvgIpc) is 3.28. The molecular formula is C24H22FN3O3S2. The Labute approximate surface area is 199 Å². The molecule has 0 bridgehead atoms. The van der Waals surface area contributed by atoms with Crippen LogP contribution in [-0.2, 0) is 4.79 Å². The summed E-state index contributed by atoms with van der Waals surface area (Å²) in [7, 11) is 3.12. The molecule has 170 valence electrons. The number of hydrogen-bond acceptors (Lipinski definition) is 7. The molecule has 1 atom stereocenters. The van der Waals surface area contributed by atoms with Crippen LogP contribution < -0.4 is 14.8 Å². The number of fused-ring (bicyclic) bond motifs is 1. The zero-order valence-electron chi connectivity index (χ0n) is 18.3. The molecule has 0 saturated heterocycles. The summed E-state index contributed by atoms with van der Waals surface area (Å²) in [4.78, 5) is 22.9. The van der Waals surface area contributed by atoms with Crippen LogP contribution in [0.15, 0.2) is 59.2 Å². The first kappa shape index (κ1) is 23.0. The first-order valence-corrected chi connectivity index (χ1v) is 12.0. The molecule has 1 amide bonds. The topological polar surface area (TPSA) is 73.3 Å². The summed E-state index contributed by atoms with van der Waals surface area (Å²) in [6.45, 7) is 1.95. The van der Waals surface area contributed by atoms with E-state index in [1.807, 2.05) is 12.3 Å². The van der Waals surface area contributed by atoms with Crippen molar-refractivity contribution >= 4 is 44.9 Å². The Kier molecular flexibility index (Phi) is 7.10. The maximum absolute atomic E-state index is 13.4. The van der Waals surface area contributed by atoms with E-state index in [2.05, 4.69) is 15.3 Å². The van der Waals surface area contributed by atoms with Gasteiger partial charge >= 0.3 is 0 Å². The molecule has 4 aromatic rings. The van der Waals surface area contributed by atoms with Crippen molar-refractivity contribution in [3.05, 3.63) is 60.0 Å². The number of aromatic nitrogens is 2. The van der Waals surface area contributed by atoms with Crippen LogP contribution >= 0.6 is 23.1 Å². The second-order valence-electron chi connectivity index (χ2n) is 7.09. The van der Waals surface area contributed by atoms with E-state index in [0.29, 0.717) is 28.6 Å². The van der Waals surface area contributed by atoms with Crippen molar-refractivity contribution in [3.8, 4) is 22.6 Å². The van der Waals surface area contributed by atoms with Crippen molar-refractivity contribution < 1.29 is 18.7 Å². The zero-order chi connectivity index (χ0) is 23.4. The number of rotatable bonds is 8. The second kappa shape index (κ2) is 10.2. The number of halogens is 1. The molecule has 2 aromatic heterocycles. The maximum atomic E-state index is 13.4. The van der Waals surface area contributed by atoms with Gasteiger partial charge in [0, 0.05) is 17.0 Å². The molecule has 0 spiro atoms. The van der Waals surface area contributed by atoms with Gasteiger partial charge in [-0.1, -0.05) is 30.8 Å². The smallest absolute Gasteiger partial charge is 0.238 e. The molecule has 4 rings (SSSR count). The number of ether oxygens (including phenoxy) is 2. The number of benzene rings is 2. The molecule has 33 heavy (non-hydrogen) atoms. The molecule has 6 nitrogen and oxygen atoms in total. The van der Waals surface area contributed by atoms with E-state index < -0.39 is 5.25 Å². The molecular weight excluding hydrogens is 461 g/mol. The molecule has 2 heterocycles. The quantitative estimate of drug-likeness (QED) is 0.244. The van der Waals surface area contributed by atoms with Gasteiger partial charge in [-0.15, -0.1) is 11.3 Å². The Morgan fingerprint density at radius 2 is 1.94 bits per heavy atom. The highest BCUT2D eigenvalue weighted by molar-refractivity contribution is 8.00. The Hall–Kier alpha value is -3.17. The third-order valence-corrected chi connectivity index (χ3v) is 7.32. The average molecular weight is 484 g/mol. The number of thiophene rings is 1. The van der Waals surface area contributed by atoms with Crippen LogP contribution in [0.4, 0.5) is 10.1 Å². The highest BCUT2D eigenvalue weighted by atomic mass is 32.2. The summed E-state index contributed by atoms with van der Waals surface area (Å²) in [6.07, 6.45) is 2.09. The van der Waals surface area contributed by atoms with Gasteiger partial charge in [0.15, 0.2) is 0 Å². The summed E-state index contributed by atoms with van der Waals surface area (Å²) in [5.41, 5.74) is 2.33. The number of carbonyl (C=O) groups excluding carboxylic acids is 1. The molecule has 1 unspecified atom stereocenters. The first-order valence-electron chi connectivity index (χ1n) is 10.2. The van der Waals surface area contributed by atoms with Crippen LogP contribution in [0.3, 0.4) is 0 Å². The van der Waals surface area contributed by atoms with Crippen LogP contribution in [0.25, 0.3) is 21.3 Å². The van der Waals surface area contributed by atoms with Crippen molar-refractivity contribution in [1.82, 2.24) is 9.97 Å². The third-order valence-electron chi connectivity index (χ3n) is 5.07. The minimum absolute atomic E-state index is 0.167. The highest BCUT2D eigenvalue weighted by Gasteiger charge is 2.23. The minimum Gasteiger partial charge on any atom is -0.497 e. The summed E-state index contributed by atoms with van der Waals surface area (Å²) in [5.74, 6) is 0.704. The van der Waals surface area contributed by atoms with E-state index in [9.17, 15) is 9.18 Å². The maximum Gasteiger partial charge on any atom is 0.238 e. The Balaban J connectivity index is 1.64. The molecule has 1 N–H and O–H groups in total. The summed E-state index contributed by atoms with van der Waals surface area (Å²) in [5, 5.41) is 6.11. The van der Waals surface area contributed by atoms with Gasteiger partial charge in [-0.3, -0.25) is 4.79 Å². The molecule has 0 saturated carbocycles. The van der Waals surface area contributed by atoms with Crippen molar-refractivity contribution in [1.29, 1.82) is 0 Å². The van der Waals surface area contributed by atoms with Gasteiger partial charge in [0.2, 0.25) is 5.91 Å². The summed E-state index contributed by atoms with van der Waals surface area (Å²) in [6, 6.07) is 11.6. The number of nitrogens with one attached hydrogen (secondary N) is 1. The molecule has 0 aliphatic heterocycles. The van der Waals surface area contributed by atoms with E-state index >= 15 is 0 Å². The predicted octanol–water partition coefficient (Wildman–Crippen LogP) is 6.02. The number of nitrogens with zero attached hydrogens (tertiary/aromatic N) is 2. The molecule has 0 aliphatic rings. The largest absolute Gasteiger partial charge is 0.497 e. The number of thioether (sulfide) groups is 1. The fourth-order valence-electron chi connectivity index (χ4n) is 3.36. The normalized spacial score (nSPS) is 11.9. The zero-order valence-corrected chi connectivity index (χ0v) is 19.9. The van der Waals surface area contributed by atoms with E-state index in [1.54, 1.807) is 44.6 Å². The van der Waals surface area contributed by atoms with E-state index in [0.717, 1.165) is 21.3 Å². The summed E-state index contributed by atoms with van der Waals surface area (Å²) < 4.78 is 24.1. The van der Waals surface area contributed by atoms with Gasteiger partial charge in [-0.25, -0.2) is 14.4 Å². The van der Waals surface area contributed by atoms with Crippen molar-refractivity contribution in [2.75, 3.05) is 19.5 Å². The SMILES string of the molecule is CCC(Sc1ncnc2scc(-c3ccc(F)cc3)c12)C(=O)Nc1cc(OC)ccc1OC. The fourth-order valence-corrected chi connectivity index (χ4v) is 5.38. The van der Waals surface area contributed by atoms with E-state index in [4.69, 9.17) is 9.47 Å². The molecule has 2 aromatic carbocycles. The van der Waals surface area contributed by atoms with Gasteiger partial charge in [-0.05, 0) is 36.2 Å². The van der Waals surface area contributed by atoms with Crippen molar-refractivity contribution in [3.63, 3.8) is 0 Å². The van der Waals surface area contributed by atoms with Gasteiger partial charge in [0.25, 0.3) is 0 Å². The fraction of sp³-hybridized carbons (Fsp3) is 0.208. The van der Waals surface area contributed by atoms with Crippen molar-refractivity contribution in [2.45, 2.75) is 23.6 Å². The van der Waals surface area contributed by atoms with E-state index in [1.165, 1.54) is 41.6 Å². The second-order valence-corrected chi connectivity index (χ2v) is 9.13. The lowest BCUT2D eigenvalue weighted by molar-refractivity contribution is -0.115. The van der Waals surface area contributed by atoms with Gasteiger partial charge in [-0.2, -0.15) is 0 Å². The summed E-state index contributed by atoms with van der Waals surface area (Å²) >= 11 is 2.88. The Morgan fingerprint density at radius 3 is 2.64 bits per heavy atom. The molecule has 0 aliphatic carbocycles. The van der Waals surface area contributed by atoms with Crippen LogP contribution in [-0.4, -0.2) is 35.3 Å². The third kappa shape index (κ3) is 4.94. The molecule has 0 fully saturated rings. The molecule has 0 radical (unpaired) electrons. The predicted molar refractivity (Wildman–Crippen MR) is 131 cm³/mol. The monoisotopic (exact) mass is 483 g/mol. The van der Waals surface area contributed by atoms with Crippen LogP contribution in [0.5, 0.6) is 11.5 Å². The Bertz CT molecular complexity index is 1280. The number of hydrogen-bond donors (Lipinski definition) is 1. The van der Waals surface area contributed by atoms with Crippen LogP contribution in [0.1, 0.15) is 13.3 Å². The van der Waals surface area contributed by atoms with E-state index in [-0.39, 0.29) is 11.7 Å². The first-order chi connectivity index (χ1) is 16.0. The lowest BCUT2D eigenvalue weighted by Crippen LogP contribution is -2.25. The van der Waals surface area contributed by atoms with Gasteiger partial charge < -0.3 is 14.8 Å². The molecule has 9 heteroatoms. The number of carbonyl (C=O) groups is 1. The highest BCUT2D eigenvalue weighted by Crippen LogP contribution is 2.40.